The maximum absolute atomic E-state index is 11.9. The Balaban J connectivity index is 2.10. The van der Waals surface area contributed by atoms with Crippen LogP contribution >= 0.6 is 0 Å². The number of rotatable bonds is 8. The highest BCUT2D eigenvalue weighted by Gasteiger charge is 2.12. The van der Waals surface area contributed by atoms with Crippen molar-refractivity contribution in [3.63, 3.8) is 0 Å². The molecule has 0 amide bonds. The van der Waals surface area contributed by atoms with Gasteiger partial charge in [0.15, 0.2) is 0 Å². The molecule has 1 aliphatic rings. The molecule has 2 N–H and O–H groups in total. The Morgan fingerprint density at radius 2 is 1.72 bits per heavy atom. The van der Waals surface area contributed by atoms with Gasteiger partial charge in [-0.25, -0.2) is 13.1 Å². The first-order valence-electron chi connectivity index (χ1n) is 6.91. The van der Waals surface area contributed by atoms with Crippen LogP contribution in [0.2, 0.25) is 0 Å². The number of nitrogens with one attached hydrogen (secondary N) is 2. The van der Waals surface area contributed by atoms with Gasteiger partial charge in [0.05, 0.1) is 12.4 Å². The molecular formula is C12H25FN2O2S. The Labute approximate surface area is 110 Å². The molecule has 0 unspecified atom stereocenters. The lowest BCUT2D eigenvalue weighted by molar-refractivity contribution is 0.460. The fourth-order valence-electron chi connectivity index (χ4n) is 2.28. The van der Waals surface area contributed by atoms with E-state index in [4.69, 9.17) is 0 Å². The molecule has 4 nitrogen and oxygen atoms in total. The summed E-state index contributed by atoms with van der Waals surface area (Å²) in [6, 6.07) is 0.530. The Morgan fingerprint density at radius 1 is 1.06 bits per heavy atom. The van der Waals surface area contributed by atoms with Crippen molar-refractivity contribution >= 4 is 10.0 Å². The molecule has 108 valence electrons. The highest BCUT2D eigenvalue weighted by atomic mass is 32.2. The average molecular weight is 280 g/mol. The van der Waals surface area contributed by atoms with Gasteiger partial charge in [-0.2, -0.15) is 0 Å². The highest BCUT2D eigenvalue weighted by Crippen LogP contribution is 2.16. The normalized spacial score (nSPS) is 18.7. The molecular weight excluding hydrogens is 255 g/mol. The van der Waals surface area contributed by atoms with E-state index < -0.39 is 16.7 Å². The minimum atomic E-state index is -3.28. The van der Waals surface area contributed by atoms with E-state index in [1.165, 1.54) is 38.5 Å². The van der Waals surface area contributed by atoms with Crippen molar-refractivity contribution in [2.45, 2.75) is 51.0 Å². The molecule has 0 aromatic carbocycles. The predicted octanol–water partition coefficient (Wildman–Crippen LogP) is 1.58. The molecule has 0 spiro atoms. The Bertz CT molecular complexity index is 301. The summed E-state index contributed by atoms with van der Waals surface area (Å²) >= 11 is 0. The van der Waals surface area contributed by atoms with Gasteiger partial charge in [-0.15, -0.1) is 0 Å². The number of hydrogen-bond acceptors (Lipinski definition) is 3. The summed E-state index contributed by atoms with van der Waals surface area (Å²) in [6.45, 7) is 0.464. The van der Waals surface area contributed by atoms with Gasteiger partial charge < -0.3 is 5.32 Å². The van der Waals surface area contributed by atoms with E-state index >= 15 is 0 Å². The molecule has 0 bridgehead atoms. The molecule has 0 aromatic rings. The van der Waals surface area contributed by atoms with Gasteiger partial charge in [0.2, 0.25) is 10.0 Å². The van der Waals surface area contributed by atoms with Crippen LogP contribution in [0.25, 0.3) is 0 Å². The fraction of sp³-hybridized carbons (Fsp3) is 1.00. The van der Waals surface area contributed by atoms with Gasteiger partial charge in [-0.3, -0.25) is 4.39 Å². The zero-order chi connectivity index (χ0) is 13.3. The van der Waals surface area contributed by atoms with Crippen molar-refractivity contribution in [3.05, 3.63) is 0 Å². The third-order valence-corrected chi connectivity index (χ3v) is 4.75. The third-order valence-electron chi connectivity index (χ3n) is 3.28. The van der Waals surface area contributed by atoms with Crippen molar-refractivity contribution in [1.29, 1.82) is 0 Å². The van der Waals surface area contributed by atoms with E-state index in [1.807, 2.05) is 0 Å². The van der Waals surface area contributed by atoms with Crippen LogP contribution in [0.3, 0.4) is 0 Å². The molecule has 1 fully saturated rings. The lowest BCUT2D eigenvalue weighted by Gasteiger charge is -2.16. The standard InChI is InChI=1S/C12H25FN2O2S/c13-8-5-11-18(16,17)15-10-9-14-12-6-3-1-2-4-7-12/h12,14-15H,1-11H2. The molecule has 0 aliphatic heterocycles. The largest absolute Gasteiger partial charge is 0.313 e. The second-order valence-corrected chi connectivity index (χ2v) is 6.82. The van der Waals surface area contributed by atoms with Gasteiger partial charge in [0.1, 0.15) is 0 Å². The van der Waals surface area contributed by atoms with Gasteiger partial charge in [0.25, 0.3) is 0 Å². The maximum Gasteiger partial charge on any atom is 0.211 e. The first kappa shape index (κ1) is 15.9. The summed E-state index contributed by atoms with van der Waals surface area (Å²) in [5.74, 6) is -0.118. The molecule has 0 radical (unpaired) electrons. The van der Waals surface area contributed by atoms with E-state index in [1.54, 1.807) is 0 Å². The van der Waals surface area contributed by atoms with Gasteiger partial charge in [-0.05, 0) is 19.3 Å². The van der Waals surface area contributed by atoms with Crippen molar-refractivity contribution in [3.8, 4) is 0 Å². The molecule has 1 aliphatic carbocycles. The van der Waals surface area contributed by atoms with Gasteiger partial charge in [0, 0.05) is 19.1 Å². The second-order valence-electron chi connectivity index (χ2n) is 4.90. The second kappa shape index (κ2) is 8.82. The Hall–Kier alpha value is -0.200. The summed E-state index contributed by atoms with van der Waals surface area (Å²) in [5, 5.41) is 3.39. The Morgan fingerprint density at radius 3 is 2.33 bits per heavy atom. The van der Waals surface area contributed by atoms with E-state index in [0.29, 0.717) is 19.1 Å². The SMILES string of the molecule is O=S(=O)(CCCF)NCCNC1CCCCCC1. The van der Waals surface area contributed by atoms with Crippen LogP contribution < -0.4 is 10.0 Å². The van der Waals surface area contributed by atoms with Crippen LogP contribution in [-0.4, -0.2) is 40.0 Å². The minimum Gasteiger partial charge on any atom is -0.313 e. The zero-order valence-electron chi connectivity index (χ0n) is 11.0. The topological polar surface area (TPSA) is 58.2 Å². The monoisotopic (exact) mass is 280 g/mol. The van der Waals surface area contributed by atoms with Gasteiger partial charge >= 0.3 is 0 Å². The highest BCUT2D eigenvalue weighted by molar-refractivity contribution is 7.89. The molecule has 0 saturated heterocycles. The first-order valence-corrected chi connectivity index (χ1v) is 8.56. The van der Waals surface area contributed by atoms with Crippen molar-refractivity contribution in [1.82, 2.24) is 10.0 Å². The van der Waals surface area contributed by atoms with Gasteiger partial charge in [-0.1, -0.05) is 25.7 Å². The summed E-state index contributed by atoms with van der Waals surface area (Å²) in [6.07, 6.45) is 7.61. The number of hydrogen-bond donors (Lipinski definition) is 2. The number of sulfonamides is 1. The molecule has 18 heavy (non-hydrogen) atoms. The van der Waals surface area contributed by atoms with Crippen LogP contribution in [-0.2, 0) is 10.0 Å². The summed E-state index contributed by atoms with van der Waals surface area (Å²) in [5.41, 5.74) is 0. The molecule has 1 rings (SSSR count). The van der Waals surface area contributed by atoms with Crippen molar-refractivity contribution in [2.24, 2.45) is 0 Å². The molecule has 0 heterocycles. The van der Waals surface area contributed by atoms with Crippen LogP contribution in [0.1, 0.15) is 44.9 Å². The van der Waals surface area contributed by atoms with E-state index in [2.05, 4.69) is 10.0 Å². The smallest absolute Gasteiger partial charge is 0.211 e. The van der Waals surface area contributed by atoms with Crippen LogP contribution in [0.5, 0.6) is 0 Å². The summed E-state index contributed by atoms with van der Waals surface area (Å²) in [4.78, 5) is 0. The third kappa shape index (κ3) is 7.28. The lowest BCUT2D eigenvalue weighted by Crippen LogP contribution is -2.37. The quantitative estimate of drug-likeness (QED) is 0.524. The zero-order valence-corrected chi connectivity index (χ0v) is 11.8. The molecule has 1 saturated carbocycles. The van der Waals surface area contributed by atoms with Crippen LogP contribution in [0.15, 0.2) is 0 Å². The van der Waals surface area contributed by atoms with Crippen molar-refractivity contribution < 1.29 is 12.8 Å². The van der Waals surface area contributed by atoms with Crippen molar-refractivity contribution in [2.75, 3.05) is 25.5 Å². The average Bonchev–Trinajstić information content (AvgIpc) is 2.61. The minimum absolute atomic E-state index is 0.0748. The number of halogens is 1. The van der Waals surface area contributed by atoms with Crippen LogP contribution in [0.4, 0.5) is 4.39 Å². The van der Waals surface area contributed by atoms with E-state index in [9.17, 15) is 12.8 Å². The first-order chi connectivity index (χ1) is 8.64. The Kier molecular flexibility index (Phi) is 7.77. The lowest BCUT2D eigenvalue weighted by atomic mass is 10.1. The molecule has 0 atom stereocenters. The molecule has 0 aromatic heterocycles. The fourth-order valence-corrected chi connectivity index (χ4v) is 3.33. The summed E-state index contributed by atoms with van der Waals surface area (Å²) in [7, 11) is -3.28. The maximum atomic E-state index is 11.9. The number of alkyl halides is 1. The van der Waals surface area contributed by atoms with E-state index in [0.717, 1.165) is 0 Å². The van der Waals surface area contributed by atoms with E-state index in [-0.39, 0.29) is 12.2 Å². The molecule has 6 heteroatoms. The van der Waals surface area contributed by atoms with Crippen LogP contribution in [0, 0.1) is 0 Å². The predicted molar refractivity (Wildman–Crippen MR) is 71.9 cm³/mol. The summed E-state index contributed by atoms with van der Waals surface area (Å²) < 4.78 is 37.2.